The van der Waals surface area contributed by atoms with Gasteiger partial charge in [0.15, 0.2) is 11.5 Å². The predicted molar refractivity (Wildman–Crippen MR) is 116 cm³/mol. The number of carbonyl (C=O) groups excluding carboxylic acids is 2. The van der Waals surface area contributed by atoms with Crippen LogP contribution in [0.25, 0.3) is 0 Å². The van der Waals surface area contributed by atoms with Crippen molar-refractivity contribution in [2.75, 3.05) is 13.2 Å². The lowest BCUT2D eigenvalue weighted by Crippen LogP contribution is -2.50. The molecule has 2 bridgehead atoms. The average molecular weight is 421 g/mol. The molecule has 1 aliphatic carbocycles. The minimum Gasteiger partial charge on any atom is -0.465 e. The molecule has 1 aliphatic heterocycles. The molecule has 2 aromatic carbocycles. The van der Waals surface area contributed by atoms with Gasteiger partial charge in [0.1, 0.15) is 0 Å². The normalized spacial score (nSPS) is 28.8. The summed E-state index contributed by atoms with van der Waals surface area (Å²) in [6, 6.07) is 19.3. The zero-order valence-corrected chi connectivity index (χ0v) is 18.0. The Morgan fingerprint density at radius 3 is 2.23 bits per heavy atom. The third-order valence-electron chi connectivity index (χ3n) is 6.11. The molecule has 162 valence electrons. The van der Waals surface area contributed by atoms with E-state index in [1.54, 1.807) is 6.92 Å². The fourth-order valence-electron chi connectivity index (χ4n) is 5.04. The average Bonchev–Trinajstić information content (AvgIpc) is 3.20. The standard InChI is InChI=1S/C25H27NO5/c1-4-29-23(28)24-16-20(18-12-8-6-9-13-18)25(30-5-2,22(24)31-17(3)27)26-21(24)19-14-10-7-11-15-19/h6-15,20,22H,4-5,16H2,1-3H3/t20-,22?,24+,25+/m0/s1. The molecule has 0 radical (unpaired) electrons. The van der Waals surface area contributed by atoms with Crippen LogP contribution in [0.4, 0.5) is 0 Å². The predicted octanol–water partition coefficient (Wildman–Crippen LogP) is 3.89. The van der Waals surface area contributed by atoms with Crippen LogP contribution in [0.5, 0.6) is 0 Å². The monoisotopic (exact) mass is 421 g/mol. The first-order valence-corrected chi connectivity index (χ1v) is 10.7. The Kier molecular flexibility index (Phi) is 5.67. The lowest BCUT2D eigenvalue weighted by Gasteiger charge is -2.34. The van der Waals surface area contributed by atoms with Crippen LogP contribution in [-0.4, -0.2) is 42.7 Å². The van der Waals surface area contributed by atoms with E-state index in [4.69, 9.17) is 19.2 Å². The summed E-state index contributed by atoms with van der Waals surface area (Å²) in [4.78, 5) is 30.8. The number of hydrogen-bond acceptors (Lipinski definition) is 6. The van der Waals surface area contributed by atoms with E-state index >= 15 is 0 Å². The van der Waals surface area contributed by atoms with E-state index in [1.807, 2.05) is 67.6 Å². The third-order valence-corrected chi connectivity index (χ3v) is 6.11. The lowest BCUT2D eigenvalue weighted by molar-refractivity contribution is -0.178. The van der Waals surface area contributed by atoms with Crippen LogP contribution in [0, 0.1) is 5.41 Å². The summed E-state index contributed by atoms with van der Waals surface area (Å²) in [7, 11) is 0. The topological polar surface area (TPSA) is 74.2 Å². The second-order valence-electron chi connectivity index (χ2n) is 7.86. The molecule has 0 amide bonds. The smallest absolute Gasteiger partial charge is 0.322 e. The van der Waals surface area contributed by atoms with Crippen LogP contribution < -0.4 is 0 Å². The molecule has 2 aliphatic rings. The number of ether oxygens (including phenoxy) is 3. The maximum absolute atomic E-state index is 13.6. The van der Waals surface area contributed by atoms with E-state index in [2.05, 4.69) is 0 Å². The van der Waals surface area contributed by atoms with Crippen LogP contribution in [-0.2, 0) is 23.8 Å². The largest absolute Gasteiger partial charge is 0.465 e. The zero-order chi connectivity index (χ0) is 22.1. The van der Waals surface area contributed by atoms with Gasteiger partial charge >= 0.3 is 11.9 Å². The van der Waals surface area contributed by atoms with Gasteiger partial charge in [-0.2, -0.15) is 0 Å². The quantitative estimate of drug-likeness (QED) is 0.634. The number of rotatable bonds is 7. The van der Waals surface area contributed by atoms with E-state index < -0.39 is 29.2 Å². The Morgan fingerprint density at radius 1 is 1.00 bits per heavy atom. The second kappa shape index (κ2) is 8.27. The summed E-state index contributed by atoms with van der Waals surface area (Å²) >= 11 is 0. The van der Waals surface area contributed by atoms with Crippen molar-refractivity contribution in [1.29, 1.82) is 0 Å². The maximum atomic E-state index is 13.6. The summed E-state index contributed by atoms with van der Waals surface area (Å²) in [6.45, 7) is 5.56. The molecule has 6 heteroatoms. The molecule has 6 nitrogen and oxygen atoms in total. The van der Waals surface area contributed by atoms with Crippen molar-refractivity contribution in [2.24, 2.45) is 10.4 Å². The number of nitrogens with zero attached hydrogens (tertiary/aromatic N) is 1. The number of aliphatic imine (C=N–C) groups is 1. The lowest BCUT2D eigenvalue weighted by atomic mass is 9.75. The first-order valence-electron chi connectivity index (χ1n) is 10.7. The SMILES string of the molecule is CCOC(=O)[C@]12C[C@@H](c3ccccc3)[C@](OCC)(N=C1c1ccccc1)C2OC(C)=O. The molecule has 1 heterocycles. The Morgan fingerprint density at radius 2 is 1.65 bits per heavy atom. The van der Waals surface area contributed by atoms with Crippen molar-refractivity contribution >= 4 is 17.7 Å². The molecule has 0 saturated heterocycles. The van der Waals surface area contributed by atoms with E-state index in [-0.39, 0.29) is 12.5 Å². The van der Waals surface area contributed by atoms with Crippen molar-refractivity contribution in [3.8, 4) is 0 Å². The minimum atomic E-state index is -1.25. The summed E-state index contributed by atoms with van der Waals surface area (Å²) in [5, 5.41) is 0. The first-order chi connectivity index (χ1) is 15.0. The molecule has 0 aromatic heterocycles. The summed E-state index contributed by atoms with van der Waals surface area (Å²) in [6.07, 6.45) is -0.543. The fraction of sp³-hybridized carbons (Fsp3) is 0.400. The van der Waals surface area contributed by atoms with Gasteiger partial charge in [-0.25, -0.2) is 4.99 Å². The van der Waals surface area contributed by atoms with E-state index in [0.717, 1.165) is 11.1 Å². The van der Waals surface area contributed by atoms with Gasteiger partial charge < -0.3 is 14.2 Å². The first kappa shape index (κ1) is 21.2. The van der Waals surface area contributed by atoms with Crippen molar-refractivity contribution in [3.63, 3.8) is 0 Å². The Labute approximate surface area is 182 Å². The van der Waals surface area contributed by atoms with Crippen LogP contribution in [0.2, 0.25) is 0 Å². The van der Waals surface area contributed by atoms with Crippen molar-refractivity contribution in [2.45, 2.75) is 44.9 Å². The van der Waals surface area contributed by atoms with E-state index in [0.29, 0.717) is 18.7 Å². The van der Waals surface area contributed by atoms with E-state index in [1.165, 1.54) is 6.92 Å². The Balaban J connectivity index is 1.97. The highest BCUT2D eigenvalue weighted by atomic mass is 16.6. The molecular formula is C25H27NO5. The fourth-order valence-corrected chi connectivity index (χ4v) is 5.04. The van der Waals surface area contributed by atoms with E-state index in [9.17, 15) is 9.59 Å². The molecule has 1 fully saturated rings. The van der Waals surface area contributed by atoms with Gasteiger partial charge in [0.25, 0.3) is 0 Å². The number of carbonyl (C=O) groups is 2. The molecule has 4 atom stereocenters. The van der Waals surface area contributed by atoms with Gasteiger partial charge in [0, 0.05) is 19.4 Å². The molecule has 0 N–H and O–H groups in total. The molecular weight excluding hydrogens is 394 g/mol. The van der Waals surface area contributed by atoms with Crippen LogP contribution in [0.3, 0.4) is 0 Å². The minimum absolute atomic E-state index is 0.215. The van der Waals surface area contributed by atoms with Crippen molar-refractivity contribution in [3.05, 3.63) is 71.8 Å². The number of hydrogen-bond donors (Lipinski definition) is 0. The number of benzene rings is 2. The number of esters is 2. The van der Waals surface area contributed by atoms with Crippen molar-refractivity contribution in [1.82, 2.24) is 0 Å². The van der Waals surface area contributed by atoms with Crippen LogP contribution >= 0.6 is 0 Å². The molecule has 1 unspecified atom stereocenters. The van der Waals surface area contributed by atoms with Gasteiger partial charge in [-0.05, 0) is 31.4 Å². The Hall–Kier alpha value is -2.99. The van der Waals surface area contributed by atoms with Gasteiger partial charge in [-0.1, -0.05) is 60.7 Å². The molecule has 31 heavy (non-hydrogen) atoms. The van der Waals surface area contributed by atoms with Crippen LogP contribution in [0.15, 0.2) is 65.7 Å². The van der Waals surface area contributed by atoms with Gasteiger partial charge in [-0.15, -0.1) is 0 Å². The summed E-state index contributed by atoms with van der Waals surface area (Å²) < 4.78 is 17.7. The van der Waals surface area contributed by atoms with Crippen molar-refractivity contribution < 1.29 is 23.8 Å². The second-order valence-corrected chi connectivity index (χ2v) is 7.86. The molecule has 4 rings (SSSR count). The highest BCUT2D eigenvalue weighted by molar-refractivity contribution is 6.18. The maximum Gasteiger partial charge on any atom is 0.322 e. The summed E-state index contributed by atoms with van der Waals surface area (Å²) in [5.41, 5.74) is -0.132. The molecule has 0 spiro atoms. The molecule has 1 saturated carbocycles. The highest BCUT2D eigenvalue weighted by Crippen LogP contribution is 2.63. The zero-order valence-electron chi connectivity index (χ0n) is 18.0. The third kappa shape index (κ3) is 3.26. The van der Waals surface area contributed by atoms with Crippen LogP contribution in [0.1, 0.15) is 44.2 Å². The van der Waals surface area contributed by atoms with Gasteiger partial charge in [-0.3, -0.25) is 9.59 Å². The summed E-state index contributed by atoms with van der Waals surface area (Å²) in [5.74, 6) is -1.19. The number of fused-ring (bicyclic) bond motifs is 2. The molecule has 2 aromatic rings. The van der Waals surface area contributed by atoms with Gasteiger partial charge in [0.2, 0.25) is 5.72 Å². The Bertz CT molecular complexity index is 989. The highest BCUT2D eigenvalue weighted by Gasteiger charge is 2.76. The van der Waals surface area contributed by atoms with Gasteiger partial charge in [0.05, 0.1) is 12.3 Å².